The molecule has 0 unspecified atom stereocenters. The lowest BCUT2D eigenvalue weighted by Crippen LogP contribution is -2.10. The fraction of sp³-hybridized carbons (Fsp3) is 0. The van der Waals surface area contributed by atoms with E-state index in [4.69, 9.17) is 0 Å². The number of nitrogens with one attached hydrogen (secondary N) is 1. The number of allylic oxidation sites excluding steroid dienone is 2. The Hall–Kier alpha value is -2.94. The first-order chi connectivity index (χ1) is 10.3. The molecule has 1 aliphatic rings. The van der Waals surface area contributed by atoms with Crippen molar-refractivity contribution in [2.45, 2.75) is 0 Å². The van der Waals surface area contributed by atoms with E-state index in [0.29, 0.717) is 11.1 Å². The predicted molar refractivity (Wildman–Crippen MR) is 82.5 cm³/mol. The summed E-state index contributed by atoms with van der Waals surface area (Å²) in [5.41, 5.74) is 2.22. The number of carbonyl (C=O) groups is 2. The number of para-hydroxylation sites is 1. The van der Waals surface area contributed by atoms with Crippen LogP contribution in [0.2, 0.25) is 0 Å². The predicted octanol–water partition coefficient (Wildman–Crippen LogP) is 3.79. The van der Waals surface area contributed by atoms with Gasteiger partial charge in [-0.3, -0.25) is 9.59 Å². The zero-order valence-electron chi connectivity index (χ0n) is 11.2. The van der Waals surface area contributed by atoms with Gasteiger partial charge in [-0.05, 0) is 29.7 Å². The molecular formula is C18H13NO2. The van der Waals surface area contributed by atoms with E-state index < -0.39 is 0 Å². The van der Waals surface area contributed by atoms with Gasteiger partial charge in [0.2, 0.25) is 0 Å². The molecule has 0 radical (unpaired) electrons. The van der Waals surface area contributed by atoms with E-state index in [1.165, 1.54) is 23.1 Å². The van der Waals surface area contributed by atoms with Gasteiger partial charge in [-0.2, -0.15) is 0 Å². The van der Waals surface area contributed by atoms with E-state index in [9.17, 15) is 9.59 Å². The number of ketones is 2. The largest absolute Gasteiger partial charge is 0.361 e. The van der Waals surface area contributed by atoms with Gasteiger partial charge in [0, 0.05) is 22.8 Å². The number of hydrogen-bond donors (Lipinski definition) is 1. The average Bonchev–Trinajstić information content (AvgIpc) is 3.01. The maximum Gasteiger partial charge on any atom is 0.186 e. The van der Waals surface area contributed by atoms with Crippen LogP contribution in [-0.4, -0.2) is 16.6 Å². The smallest absolute Gasteiger partial charge is 0.186 e. The second kappa shape index (κ2) is 5.59. The Kier molecular flexibility index (Phi) is 3.48. The van der Waals surface area contributed by atoms with Gasteiger partial charge in [0.25, 0.3) is 0 Å². The molecule has 0 saturated heterocycles. The summed E-state index contributed by atoms with van der Waals surface area (Å²) in [6.45, 7) is 0. The van der Waals surface area contributed by atoms with E-state index in [2.05, 4.69) is 23.2 Å². The number of H-pyrrole nitrogens is 1. The molecule has 0 aliphatic heterocycles. The second-order valence-electron chi connectivity index (χ2n) is 4.67. The van der Waals surface area contributed by atoms with Gasteiger partial charge in [-0.25, -0.2) is 0 Å². The van der Waals surface area contributed by atoms with Gasteiger partial charge in [0.1, 0.15) is 0 Å². The van der Waals surface area contributed by atoms with Crippen LogP contribution >= 0.6 is 0 Å². The Morgan fingerprint density at radius 3 is 1.86 bits per heavy atom. The second-order valence-corrected chi connectivity index (χ2v) is 4.67. The zero-order chi connectivity index (χ0) is 14.7. The first kappa shape index (κ1) is 13.1. The van der Waals surface area contributed by atoms with Crippen molar-refractivity contribution in [3.8, 4) is 0 Å². The van der Waals surface area contributed by atoms with Crippen LogP contribution in [0.25, 0.3) is 10.9 Å². The van der Waals surface area contributed by atoms with E-state index in [1.54, 1.807) is 24.3 Å². The molecule has 3 aromatic rings. The third-order valence-corrected chi connectivity index (χ3v) is 3.31. The number of benzene rings is 2. The Labute approximate surface area is 121 Å². The first-order valence-corrected chi connectivity index (χ1v) is 6.63. The van der Waals surface area contributed by atoms with Crippen molar-refractivity contribution in [1.29, 1.82) is 0 Å². The summed E-state index contributed by atoms with van der Waals surface area (Å²) in [5.74, 6) is -0.185. The molecule has 0 amide bonds. The van der Waals surface area contributed by atoms with E-state index in [1.807, 2.05) is 18.3 Å². The van der Waals surface area contributed by atoms with Crippen LogP contribution in [0, 0.1) is 0 Å². The van der Waals surface area contributed by atoms with Gasteiger partial charge in [0.15, 0.2) is 11.6 Å². The third kappa shape index (κ3) is 2.67. The zero-order valence-corrected chi connectivity index (χ0v) is 11.2. The minimum Gasteiger partial charge on any atom is -0.361 e. The molecule has 3 heteroatoms. The Morgan fingerprint density at radius 2 is 1.24 bits per heavy atom. The van der Waals surface area contributed by atoms with Crippen LogP contribution in [-0.2, 0) is 0 Å². The van der Waals surface area contributed by atoms with Crippen LogP contribution in [0.4, 0.5) is 0 Å². The molecule has 4 rings (SSSR count). The normalized spacial score (nSPS) is 12.8. The quantitative estimate of drug-likeness (QED) is 0.678. The number of aromatic amines is 1. The first-order valence-electron chi connectivity index (χ1n) is 6.63. The van der Waals surface area contributed by atoms with Crippen molar-refractivity contribution in [2.24, 2.45) is 0 Å². The molecule has 0 bridgehead atoms. The van der Waals surface area contributed by atoms with Crippen molar-refractivity contribution in [2.75, 3.05) is 0 Å². The molecule has 1 heterocycles. The summed E-state index contributed by atoms with van der Waals surface area (Å²) in [4.78, 5) is 25.5. The molecule has 2 aromatic carbocycles. The van der Waals surface area contributed by atoms with Gasteiger partial charge in [-0.15, -0.1) is 0 Å². The topological polar surface area (TPSA) is 49.9 Å². The molecule has 0 atom stereocenters. The lowest BCUT2D eigenvalue weighted by molar-refractivity contribution is 0.0994. The van der Waals surface area contributed by atoms with E-state index >= 15 is 0 Å². The summed E-state index contributed by atoms with van der Waals surface area (Å²) in [6, 6.07) is 17.1. The molecule has 1 N–H and O–H groups in total. The summed E-state index contributed by atoms with van der Waals surface area (Å²) in [5, 5.41) is 1.28. The maximum atomic E-state index is 11.2. The highest BCUT2D eigenvalue weighted by atomic mass is 16.1. The highest BCUT2D eigenvalue weighted by molar-refractivity contribution is 6.21. The Balaban J connectivity index is 0.000000131. The molecule has 3 nitrogen and oxygen atoms in total. The Bertz CT molecular complexity index is 776. The molecule has 0 saturated carbocycles. The number of rotatable bonds is 0. The highest BCUT2D eigenvalue weighted by Gasteiger charge is 2.16. The van der Waals surface area contributed by atoms with Crippen molar-refractivity contribution in [1.82, 2.24) is 4.98 Å². The molecular weight excluding hydrogens is 262 g/mol. The molecule has 102 valence electrons. The standard InChI is InChI=1S/C10H6O2.C8H7N/c11-9-5-6-10(12)8-4-2-1-3-7(8)9;1-2-4-8-7(3-1)5-6-9-8/h1-6H;1-6,9H. The van der Waals surface area contributed by atoms with Gasteiger partial charge >= 0.3 is 0 Å². The van der Waals surface area contributed by atoms with Gasteiger partial charge in [0.05, 0.1) is 0 Å². The third-order valence-electron chi connectivity index (χ3n) is 3.31. The molecule has 21 heavy (non-hydrogen) atoms. The average molecular weight is 275 g/mol. The minimum absolute atomic E-state index is 0.0924. The molecule has 1 aliphatic carbocycles. The van der Waals surface area contributed by atoms with Gasteiger partial charge < -0.3 is 4.98 Å². The number of aromatic nitrogens is 1. The number of carbonyl (C=O) groups excluding carboxylic acids is 2. The fourth-order valence-corrected chi connectivity index (χ4v) is 2.24. The summed E-state index contributed by atoms with van der Waals surface area (Å²) >= 11 is 0. The summed E-state index contributed by atoms with van der Waals surface area (Å²) < 4.78 is 0. The van der Waals surface area contributed by atoms with Crippen molar-refractivity contribution in [3.63, 3.8) is 0 Å². The fourth-order valence-electron chi connectivity index (χ4n) is 2.24. The summed E-state index contributed by atoms with van der Waals surface area (Å²) in [6.07, 6.45) is 4.57. The monoisotopic (exact) mass is 275 g/mol. The van der Waals surface area contributed by atoms with Gasteiger partial charge in [-0.1, -0.05) is 42.5 Å². The van der Waals surface area contributed by atoms with Crippen LogP contribution in [0.15, 0.2) is 72.9 Å². The maximum absolute atomic E-state index is 11.2. The molecule has 1 aromatic heterocycles. The number of hydrogen-bond acceptors (Lipinski definition) is 2. The van der Waals surface area contributed by atoms with Crippen LogP contribution in [0.1, 0.15) is 20.7 Å². The van der Waals surface area contributed by atoms with E-state index in [0.717, 1.165) is 0 Å². The van der Waals surface area contributed by atoms with Crippen molar-refractivity contribution < 1.29 is 9.59 Å². The van der Waals surface area contributed by atoms with Crippen LogP contribution in [0.5, 0.6) is 0 Å². The lowest BCUT2D eigenvalue weighted by Gasteiger charge is -2.06. The van der Waals surface area contributed by atoms with E-state index in [-0.39, 0.29) is 11.6 Å². The molecule has 0 fully saturated rings. The number of fused-ring (bicyclic) bond motifs is 2. The SMILES string of the molecule is O=C1C=CC(=O)c2ccccc21.c1ccc2[nH]ccc2c1. The molecule has 0 spiro atoms. The van der Waals surface area contributed by atoms with Crippen LogP contribution < -0.4 is 0 Å². The van der Waals surface area contributed by atoms with Crippen molar-refractivity contribution in [3.05, 3.63) is 84.1 Å². The summed E-state index contributed by atoms with van der Waals surface area (Å²) in [7, 11) is 0. The minimum atomic E-state index is -0.0924. The highest BCUT2D eigenvalue weighted by Crippen LogP contribution is 2.15. The Morgan fingerprint density at radius 1 is 0.667 bits per heavy atom. The van der Waals surface area contributed by atoms with Crippen molar-refractivity contribution >= 4 is 22.5 Å². The van der Waals surface area contributed by atoms with Crippen LogP contribution in [0.3, 0.4) is 0 Å². The lowest BCUT2D eigenvalue weighted by atomic mass is 9.95.